The summed E-state index contributed by atoms with van der Waals surface area (Å²) in [4.78, 5) is 0. The molecule has 0 radical (unpaired) electrons. The molecule has 0 amide bonds. The minimum Gasteiger partial charge on any atom is -0.493 e. The van der Waals surface area contributed by atoms with E-state index in [2.05, 4.69) is 21.2 Å². The Kier molecular flexibility index (Phi) is 5.20. The lowest BCUT2D eigenvalue weighted by Crippen LogP contribution is -2.18. The molecule has 21 heavy (non-hydrogen) atoms. The third-order valence-electron chi connectivity index (χ3n) is 3.28. The Hall–Kier alpha value is -1.59. The molecule has 2 aromatic rings. The van der Waals surface area contributed by atoms with Crippen LogP contribution >= 0.6 is 15.9 Å². The average molecular weight is 354 g/mol. The Morgan fingerprint density at radius 2 is 1.76 bits per heavy atom. The second-order valence-corrected chi connectivity index (χ2v) is 5.36. The smallest absolute Gasteiger partial charge is 0.161 e. The number of methoxy groups -OCH3 is 2. The molecule has 1 N–H and O–H groups in total. The third kappa shape index (κ3) is 3.36. The molecule has 1 unspecified atom stereocenters. The van der Waals surface area contributed by atoms with Crippen LogP contribution in [0.4, 0.5) is 4.39 Å². The number of ether oxygens (including phenoxy) is 2. The number of benzene rings is 2. The minimum atomic E-state index is -0.260. The quantitative estimate of drug-likeness (QED) is 0.883. The second kappa shape index (κ2) is 6.91. The standard InChI is InChI=1S/C16H17BrFNO2/c1-19-16(10-5-4-6-11(18)7-10)12-8-14(20-2)15(21-3)9-13(12)17/h4-9,16,19H,1-3H3. The van der Waals surface area contributed by atoms with Crippen molar-refractivity contribution in [3.8, 4) is 11.5 Å². The Morgan fingerprint density at radius 3 is 2.33 bits per heavy atom. The summed E-state index contributed by atoms with van der Waals surface area (Å²) in [6.45, 7) is 0. The molecule has 0 saturated carbocycles. The van der Waals surface area contributed by atoms with Crippen LogP contribution in [0.3, 0.4) is 0 Å². The van der Waals surface area contributed by atoms with Crippen molar-refractivity contribution in [3.05, 3.63) is 57.8 Å². The van der Waals surface area contributed by atoms with Crippen LogP contribution in [-0.2, 0) is 0 Å². The monoisotopic (exact) mass is 353 g/mol. The highest BCUT2D eigenvalue weighted by atomic mass is 79.9. The minimum absolute atomic E-state index is 0.158. The first-order chi connectivity index (χ1) is 10.1. The molecule has 0 aliphatic heterocycles. The molecular weight excluding hydrogens is 337 g/mol. The highest BCUT2D eigenvalue weighted by molar-refractivity contribution is 9.10. The molecule has 1 atom stereocenters. The molecule has 0 heterocycles. The summed E-state index contributed by atoms with van der Waals surface area (Å²) >= 11 is 3.54. The summed E-state index contributed by atoms with van der Waals surface area (Å²) in [5.74, 6) is 1.01. The molecule has 0 aliphatic carbocycles. The van der Waals surface area contributed by atoms with Gasteiger partial charge in [-0.3, -0.25) is 0 Å². The van der Waals surface area contributed by atoms with Crippen molar-refractivity contribution in [2.24, 2.45) is 0 Å². The van der Waals surface area contributed by atoms with Gasteiger partial charge in [0.2, 0.25) is 0 Å². The van der Waals surface area contributed by atoms with E-state index in [0.29, 0.717) is 11.5 Å². The average Bonchev–Trinajstić information content (AvgIpc) is 2.49. The predicted octanol–water partition coefficient (Wildman–Crippen LogP) is 3.91. The number of nitrogens with one attached hydrogen (secondary N) is 1. The van der Waals surface area contributed by atoms with Gasteiger partial charge in [-0.15, -0.1) is 0 Å². The number of halogens is 2. The zero-order valence-electron chi connectivity index (χ0n) is 12.1. The van der Waals surface area contributed by atoms with Crippen molar-refractivity contribution in [1.29, 1.82) is 0 Å². The maximum Gasteiger partial charge on any atom is 0.161 e. The van der Waals surface area contributed by atoms with Crippen LogP contribution in [0.1, 0.15) is 17.2 Å². The summed E-state index contributed by atoms with van der Waals surface area (Å²) in [5, 5.41) is 3.20. The Bertz CT molecular complexity index is 634. The normalized spacial score (nSPS) is 12.0. The van der Waals surface area contributed by atoms with Crippen LogP contribution < -0.4 is 14.8 Å². The van der Waals surface area contributed by atoms with E-state index in [9.17, 15) is 4.39 Å². The van der Waals surface area contributed by atoms with Crippen molar-refractivity contribution >= 4 is 15.9 Å². The molecule has 0 saturated heterocycles. The van der Waals surface area contributed by atoms with Crippen molar-refractivity contribution in [2.45, 2.75) is 6.04 Å². The van der Waals surface area contributed by atoms with Crippen LogP contribution in [0.5, 0.6) is 11.5 Å². The molecule has 0 fully saturated rings. The first-order valence-electron chi connectivity index (χ1n) is 6.44. The highest BCUT2D eigenvalue weighted by Gasteiger charge is 2.19. The van der Waals surface area contributed by atoms with Crippen LogP contribution in [0.25, 0.3) is 0 Å². The van der Waals surface area contributed by atoms with E-state index in [1.54, 1.807) is 20.3 Å². The van der Waals surface area contributed by atoms with Gasteiger partial charge in [0.05, 0.1) is 20.3 Å². The summed E-state index contributed by atoms with van der Waals surface area (Å²) in [6.07, 6.45) is 0. The lowest BCUT2D eigenvalue weighted by Gasteiger charge is -2.20. The van der Waals surface area contributed by atoms with E-state index in [4.69, 9.17) is 9.47 Å². The predicted molar refractivity (Wildman–Crippen MR) is 84.5 cm³/mol. The van der Waals surface area contributed by atoms with Gasteiger partial charge in [-0.1, -0.05) is 28.1 Å². The number of rotatable bonds is 5. The van der Waals surface area contributed by atoms with Crippen molar-refractivity contribution in [3.63, 3.8) is 0 Å². The lowest BCUT2D eigenvalue weighted by molar-refractivity contribution is 0.354. The largest absolute Gasteiger partial charge is 0.493 e. The van der Waals surface area contributed by atoms with Gasteiger partial charge in [-0.25, -0.2) is 4.39 Å². The van der Waals surface area contributed by atoms with Crippen LogP contribution in [0.15, 0.2) is 40.9 Å². The zero-order chi connectivity index (χ0) is 15.4. The van der Waals surface area contributed by atoms with E-state index in [0.717, 1.165) is 15.6 Å². The van der Waals surface area contributed by atoms with E-state index < -0.39 is 0 Å². The topological polar surface area (TPSA) is 30.5 Å². The summed E-state index contributed by atoms with van der Waals surface area (Å²) < 4.78 is 24.9. The highest BCUT2D eigenvalue weighted by Crippen LogP contribution is 2.37. The van der Waals surface area contributed by atoms with Gasteiger partial charge in [-0.05, 0) is 42.4 Å². The van der Waals surface area contributed by atoms with Gasteiger partial charge in [0, 0.05) is 4.47 Å². The van der Waals surface area contributed by atoms with Crippen LogP contribution in [0, 0.1) is 5.82 Å². The number of hydrogen-bond acceptors (Lipinski definition) is 3. The number of hydrogen-bond donors (Lipinski definition) is 1. The zero-order valence-corrected chi connectivity index (χ0v) is 13.7. The molecular formula is C16H17BrFNO2. The molecule has 2 aromatic carbocycles. The van der Waals surface area contributed by atoms with Gasteiger partial charge in [-0.2, -0.15) is 0 Å². The van der Waals surface area contributed by atoms with E-state index in [1.165, 1.54) is 12.1 Å². The Balaban J connectivity index is 2.52. The molecule has 0 aliphatic rings. The summed E-state index contributed by atoms with van der Waals surface area (Å²) in [6, 6.07) is 10.1. The maximum atomic E-state index is 13.5. The van der Waals surface area contributed by atoms with Gasteiger partial charge < -0.3 is 14.8 Å². The fourth-order valence-electron chi connectivity index (χ4n) is 2.28. The third-order valence-corrected chi connectivity index (χ3v) is 3.97. The van der Waals surface area contributed by atoms with Gasteiger partial charge in [0.1, 0.15) is 5.82 Å². The molecule has 3 nitrogen and oxygen atoms in total. The van der Waals surface area contributed by atoms with E-state index in [-0.39, 0.29) is 11.9 Å². The summed E-state index contributed by atoms with van der Waals surface area (Å²) in [7, 11) is 5.01. The van der Waals surface area contributed by atoms with Gasteiger partial charge >= 0.3 is 0 Å². The van der Waals surface area contributed by atoms with E-state index in [1.807, 2.05) is 25.2 Å². The van der Waals surface area contributed by atoms with Crippen molar-refractivity contribution in [1.82, 2.24) is 5.32 Å². The molecule has 5 heteroatoms. The van der Waals surface area contributed by atoms with Gasteiger partial charge in [0.25, 0.3) is 0 Å². The summed E-state index contributed by atoms with van der Waals surface area (Å²) in [5.41, 5.74) is 1.78. The van der Waals surface area contributed by atoms with Crippen molar-refractivity contribution in [2.75, 3.05) is 21.3 Å². The fourth-order valence-corrected chi connectivity index (χ4v) is 2.83. The lowest BCUT2D eigenvalue weighted by atomic mass is 9.98. The van der Waals surface area contributed by atoms with Gasteiger partial charge in [0.15, 0.2) is 11.5 Å². The first-order valence-corrected chi connectivity index (χ1v) is 7.24. The van der Waals surface area contributed by atoms with Crippen LogP contribution in [-0.4, -0.2) is 21.3 Å². The maximum absolute atomic E-state index is 13.5. The van der Waals surface area contributed by atoms with E-state index >= 15 is 0 Å². The second-order valence-electron chi connectivity index (χ2n) is 4.51. The molecule has 0 bridgehead atoms. The molecule has 2 rings (SSSR count). The SMILES string of the molecule is CNC(c1cccc(F)c1)c1cc(OC)c(OC)cc1Br. The van der Waals surface area contributed by atoms with Crippen LogP contribution in [0.2, 0.25) is 0 Å². The Labute approximate surface area is 132 Å². The molecule has 0 spiro atoms. The first kappa shape index (κ1) is 15.8. The molecule has 0 aromatic heterocycles. The van der Waals surface area contributed by atoms with Crippen molar-refractivity contribution < 1.29 is 13.9 Å². The fraction of sp³-hybridized carbons (Fsp3) is 0.250. The molecule has 112 valence electrons. The Morgan fingerprint density at radius 1 is 1.10 bits per heavy atom.